The molecule has 1 amide bonds. The SMILES string of the molecule is NC(=O)Cc1ccccc1NCc1ccc(Br)cc1F. The second kappa shape index (κ2) is 6.52. The van der Waals surface area contributed by atoms with Crippen molar-refractivity contribution in [3.63, 3.8) is 0 Å². The molecule has 5 heteroatoms. The van der Waals surface area contributed by atoms with Gasteiger partial charge in [0.15, 0.2) is 0 Å². The van der Waals surface area contributed by atoms with Crippen LogP contribution in [0.2, 0.25) is 0 Å². The van der Waals surface area contributed by atoms with Crippen LogP contribution in [0.15, 0.2) is 46.9 Å². The molecular weight excluding hydrogens is 323 g/mol. The van der Waals surface area contributed by atoms with Gasteiger partial charge in [-0.25, -0.2) is 4.39 Å². The summed E-state index contributed by atoms with van der Waals surface area (Å²) in [5, 5.41) is 3.13. The molecule has 0 aromatic heterocycles. The fourth-order valence-corrected chi connectivity index (χ4v) is 2.22. The molecule has 104 valence electrons. The number of para-hydroxylation sites is 1. The van der Waals surface area contributed by atoms with Crippen molar-refractivity contribution in [1.29, 1.82) is 0 Å². The zero-order chi connectivity index (χ0) is 14.5. The Balaban J connectivity index is 2.12. The molecule has 0 aliphatic rings. The standard InChI is InChI=1S/C15H14BrFN2O/c16-12-6-5-11(13(17)8-12)9-19-14-4-2-1-3-10(14)7-15(18)20/h1-6,8,19H,7,9H2,(H2,18,20). The first-order chi connectivity index (χ1) is 9.56. The van der Waals surface area contributed by atoms with E-state index in [4.69, 9.17) is 5.73 Å². The van der Waals surface area contributed by atoms with Gasteiger partial charge in [0.05, 0.1) is 6.42 Å². The number of primary amides is 1. The van der Waals surface area contributed by atoms with Gasteiger partial charge in [0.25, 0.3) is 0 Å². The van der Waals surface area contributed by atoms with E-state index in [1.165, 1.54) is 6.07 Å². The fourth-order valence-electron chi connectivity index (χ4n) is 1.89. The Morgan fingerprint density at radius 3 is 2.65 bits per heavy atom. The highest BCUT2D eigenvalue weighted by Crippen LogP contribution is 2.19. The lowest BCUT2D eigenvalue weighted by Crippen LogP contribution is -2.15. The van der Waals surface area contributed by atoms with E-state index in [9.17, 15) is 9.18 Å². The van der Waals surface area contributed by atoms with E-state index < -0.39 is 5.91 Å². The van der Waals surface area contributed by atoms with E-state index >= 15 is 0 Å². The van der Waals surface area contributed by atoms with Gasteiger partial charge in [-0.2, -0.15) is 0 Å². The minimum absolute atomic E-state index is 0.159. The number of hydrogen-bond donors (Lipinski definition) is 2. The van der Waals surface area contributed by atoms with Crippen LogP contribution in [0.5, 0.6) is 0 Å². The number of carbonyl (C=O) groups is 1. The van der Waals surface area contributed by atoms with Gasteiger partial charge in [0, 0.05) is 22.3 Å². The van der Waals surface area contributed by atoms with E-state index in [0.29, 0.717) is 16.6 Å². The molecular formula is C15H14BrFN2O. The van der Waals surface area contributed by atoms with Crippen molar-refractivity contribution in [2.24, 2.45) is 5.73 Å². The highest BCUT2D eigenvalue weighted by atomic mass is 79.9. The highest BCUT2D eigenvalue weighted by Gasteiger charge is 2.06. The third kappa shape index (κ3) is 3.81. The molecule has 0 radical (unpaired) electrons. The van der Waals surface area contributed by atoms with Crippen molar-refractivity contribution in [3.8, 4) is 0 Å². The monoisotopic (exact) mass is 336 g/mol. The number of rotatable bonds is 5. The molecule has 0 saturated heterocycles. The van der Waals surface area contributed by atoms with Gasteiger partial charge < -0.3 is 11.1 Å². The Morgan fingerprint density at radius 1 is 1.20 bits per heavy atom. The summed E-state index contributed by atoms with van der Waals surface area (Å²) < 4.78 is 14.4. The van der Waals surface area contributed by atoms with Crippen LogP contribution in [0.4, 0.5) is 10.1 Å². The summed E-state index contributed by atoms with van der Waals surface area (Å²) in [6.07, 6.45) is 0.159. The van der Waals surface area contributed by atoms with Crippen molar-refractivity contribution < 1.29 is 9.18 Å². The summed E-state index contributed by atoms with van der Waals surface area (Å²) in [6.45, 7) is 0.342. The third-order valence-corrected chi connectivity index (χ3v) is 3.36. The van der Waals surface area contributed by atoms with E-state index in [-0.39, 0.29) is 12.2 Å². The van der Waals surface area contributed by atoms with Crippen molar-refractivity contribution >= 4 is 27.5 Å². The van der Waals surface area contributed by atoms with E-state index in [1.807, 2.05) is 24.3 Å². The normalized spacial score (nSPS) is 10.3. The van der Waals surface area contributed by atoms with E-state index in [2.05, 4.69) is 21.2 Å². The van der Waals surface area contributed by atoms with Crippen LogP contribution in [0.25, 0.3) is 0 Å². The van der Waals surface area contributed by atoms with Crippen LogP contribution >= 0.6 is 15.9 Å². The molecule has 0 atom stereocenters. The van der Waals surface area contributed by atoms with Crippen LogP contribution in [0.3, 0.4) is 0 Å². The molecule has 2 rings (SSSR count). The maximum absolute atomic E-state index is 13.7. The smallest absolute Gasteiger partial charge is 0.221 e. The van der Waals surface area contributed by atoms with Gasteiger partial charge in [-0.3, -0.25) is 4.79 Å². The molecule has 0 unspecified atom stereocenters. The molecule has 0 saturated carbocycles. The summed E-state index contributed by atoms with van der Waals surface area (Å²) >= 11 is 3.22. The number of nitrogens with two attached hydrogens (primary N) is 1. The summed E-state index contributed by atoms with van der Waals surface area (Å²) in [5.41, 5.74) is 7.36. The van der Waals surface area contributed by atoms with Gasteiger partial charge in [0.2, 0.25) is 5.91 Å². The zero-order valence-electron chi connectivity index (χ0n) is 10.7. The number of hydrogen-bond acceptors (Lipinski definition) is 2. The Labute approximate surface area is 125 Å². The van der Waals surface area contributed by atoms with E-state index in [1.54, 1.807) is 12.1 Å². The van der Waals surface area contributed by atoms with Crippen LogP contribution in [0, 0.1) is 5.82 Å². The van der Waals surface area contributed by atoms with Crippen molar-refractivity contribution in [2.75, 3.05) is 5.32 Å². The van der Waals surface area contributed by atoms with Gasteiger partial charge in [0.1, 0.15) is 5.82 Å². The highest BCUT2D eigenvalue weighted by molar-refractivity contribution is 9.10. The minimum Gasteiger partial charge on any atom is -0.381 e. The molecule has 0 aliphatic heterocycles. The van der Waals surface area contributed by atoms with E-state index in [0.717, 1.165) is 11.3 Å². The van der Waals surface area contributed by atoms with Gasteiger partial charge in [-0.05, 0) is 23.8 Å². The number of amides is 1. The first-order valence-electron chi connectivity index (χ1n) is 6.10. The van der Waals surface area contributed by atoms with Crippen LogP contribution < -0.4 is 11.1 Å². The fraction of sp³-hybridized carbons (Fsp3) is 0.133. The minimum atomic E-state index is -0.394. The lowest BCUT2D eigenvalue weighted by atomic mass is 10.1. The van der Waals surface area contributed by atoms with Crippen LogP contribution in [-0.2, 0) is 17.8 Å². The third-order valence-electron chi connectivity index (χ3n) is 2.87. The van der Waals surface area contributed by atoms with Crippen molar-refractivity contribution in [1.82, 2.24) is 0 Å². The molecule has 0 fully saturated rings. The molecule has 0 heterocycles. The molecule has 0 bridgehead atoms. The maximum Gasteiger partial charge on any atom is 0.221 e. The molecule has 2 aromatic carbocycles. The summed E-state index contributed by atoms with van der Waals surface area (Å²) in [5.74, 6) is -0.673. The predicted molar refractivity (Wildman–Crippen MR) is 80.8 cm³/mol. The predicted octanol–water partition coefficient (Wildman–Crippen LogP) is 3.23. The van der Waals surface area contributed by atoms with Gasteiger partial charge in [-0.1, -0.05) is 40.2 Å². The second-order valence-corrected chi connectivity index (χ2v) is 5.31. The number of anilines is 1. The Kier molecular flexibility index (Phi) is 4.74. The topological polar surface area (TPSA) is 55.1 Å². The van der Waals surface area contributed by atoms with Crippen LogP contribution in [-0.4, -0.2) is 5.91 Å². The molecule has 3 N–H and O–H groups in total. The molecule has 2 aromatic rings. The first kappa shape index (κ1) is 14.5. The average Bonchev–Trinajstić information content (AvgIpc) is 2.39. The maximum atomic E-state index is 13.7. The van der Waals surface area contributed by atoms with Crippen LogP contribution in [0.1, 0.15) is 11.1 Å². The first-order valence-corrected chi connectivity index (χ1v) is 6.89. The lowest BCUT2D eigenvalue weighted by Gasteiger charge is -2.11. The van der Waals surface area contributed by atoms with Gasteiger partial charge >= 0.3 is 0 Å². The van der Waals surface area contributed by atoms with Crippen molar-refractivity contribution in [3.05, 3.63) is 63.9 Å². The quantitative estimate of drug-likeness (QED) is 0.880. The molecule has 3 nitrogen and oxygen atoms in total. The summed E-state index contributed by atoms with van der Waals surface area (Å²) in [6, 6.07) is 12.3. The second-order valence-electron chi connectivity index (χ2n) is 4.39. The summed E-state index contributed by atoms with van der Waals surface area (Å²) in [7, 11) is 0. The Morgan fingerprint density at radius 2 is 1.95 bits per heavy atom. The number of halogens is 2. The number of carbonyl (C=O) groups excluding carboxylic acids is 1. The Hall–Kier alpha value is -1.88. The Bertz CT molecular complexity index is 631. The van der Waals surface area contributed by atoms with Gasteiger partial charge in [-0.15, -0.1) is 0 Å². The molecule has 0 aliphatic carbocycles. The molecule has 20 heavy (non-hydrogen) atoms. The zero-order valence-corrected chi connectivity index (χ0v) is 12.3. The number of nitrogens with one attached hydrogen (secondary N) is 1. The lowest BCUT2D eigenvalue weighted by molar-refractivity contribution is -0.117. The number of benzene rings is 2. The van der Waals surface area contributed by atoms with Crippen molar-refractivity contribution in [2.45, 2.75) is 13.0 Å². The largest absolute Gasteiger partial charge is 0.381 e. The molecule has 0 spiro atoms. The summed E-state index contributed by atoms with van der Waals surface area (Å²) in [4.78, 5) is 11.0. The average molecular weight is 337 g/mol.